The van der Waals surface area contributed by atoms with Crippen molar-refractivity contribution in [3.63, 3.8) is 0 Å². The van der Waals surface area contributed by atoms with Crippen molar-refractivity contribution in [1.29, 1.82) is 0 Å². The van der Waals surface area contributed by atoms with Gasteiger partial charge in [0.1, 0.15) is 0 Å². The molecule has 0 N–H and O–H groups in total. The Kier molecular flexibility index (Phi) is 7.87. The third-order valence-electron chi connectivity index (χ3n) is 5.33. The predicted molar refractivity (Wildman–Crippen MR) is 112 cm³/mol. The van der Waals surface area contributed by atoms with E-state index in [0.717, 1.165) is 56.2 Å². The molecule has 0 unspecified atom stereocenters. The highest BCUT2D eigenvalue weighted by atomic mass is 16.5. The number of hydrogen-bond acceptors (Lipinski definition) is 4. The van der Waals surface area contributed by atoms with Gasteiger partial charge in [0.2, 0.25) is 5.91 Å². The molecule has 0 aromatic carbocycles. The van der Waals surface area contributed by atoms with Crippen LogP contribution in [-0.2, 0) is 16.1 Å². The third kappa shape index (κ3) is 5.04. The fourth-order valence-corrected chi connectivity index (χ4v) is 3.97. The number of aromatic nitrogens is 1. The van der Waals surface area contributed by atoms with Gasteiger partial charge in [-0.1, -0.05) is 13.8 Å². The van der Waals surface area contributed by atoms with Crippen LogP contribution < -0.4 is 0 Å². The van der Waals surface area contributed by atoms with Crippen molar-refractivity contribution in [3.05, 3.63) is 28.6 Å². The summed E-state index contributed by atoms with van der Waals surface area (Å²) < 4.78 is 7.33. The van der Waals surface area contributed by atoms with E-state index in [-0.39, 0.29) is 11.9 Å². The Morgan fingerprint density at radius 2 is 1.71 bits per heavy atom. The zero-order valence-electron chi connectivity index (χ0n) is 18.2. The summed E-state index contributed by atoms with van der Waals surface area (Å²) in [5, 5.41) is 0. The summed E-state index contributed by atoms with van der Waals surface area (Å²) in [6.07, 6.45) is 3.38. The van der Waals surface area contributed by atoms with Gasteiger partial charge in [0.15, 0.2) is 0 Å². The van der Waals surface area contributed by atoms with Crippen LogP contribution in [0.4, 0.5) is 0 Å². The molecule has 6 nitrogen and oxygen atoms in total. The molecule has 1 fully saturated rings. The number of hydrogen-bond donors (Lipinski definition) is 0. The molecule has 156 valence electrons. The van der Waals surface area contributed by atoms with E-state index in [2.05, 4.69) is 23.3 Å². The lowest BCUT2D eigenvalue weighted by molar-refractivity contribution is -0.127. The molecule has 1 amide bonds. The van der Waals surface area contributed by atoms with Gasteiger partial charge >= 0.3 is 5.97 Å². The lowest BCUT2D eigenvalue weighted by atomic mass is 10.1. The van der Waals surface area contributed by atoms with Crippen LogP contribution in [0, 0.1) is 19.8 Å². The maximum atomic E-state index is 12.7. The Bertz CT molecular complexity index is 726. The average molecular weight is 390 g/mol. The van der Waals surface area contributed by atoms with Crippen LogP contribution >= 0.6 is 0 Å². The molecule has 2 rings (SSSR count). The summed E-state index contributed by atoms with van der Waals surface area (Å²) in [4.78, 5) is 29.4. The van der Waals surface area contributed by atoms with Gasteiger partial charge in [0.05, 0.1) is 12.2 Å². The second-order valence-corrected chi connectivity index (χ2v) is 7.78. The predicted octanol–water partition coefficient (Wildman–Crippen LogP) is 3.11. The summed E-state index contributed by atoms with van der Waals surface area (Å²) in [6, 6.07) is 0. The van der Waals surface area contributed by atoms with Crippen LogP contribution in [-0.4, -0.2) is 65.6 Å². The van der Waals surface area contributed by atoms with Gasteiger partial charge in [-0.15, -0.1) is 0 Å². The van der Waals surface area contributed by atoms with Crippen molar-refractivity contribution < 1.29 is 14.3 Å². The Labute approximate surface area is 169 Å². The van der Waals surface area contributed by atoms with Crippen LogP contribution in [0.15, 0.2) is 6.08 Å². The van der Waals surface area contributed by atoms with E-state index in [1.165, 1.54) is 0 Å². The number of ether oxygens (including phenoxy) is 1. The molecule has 0 spiro atoms. The zero-order chi connectivity index (χ0) is 20.8. The van der Waals surface area contributed by atoms with Crippen molar-refractivity contribution >= 4 is 18.0 Å². The molecular weight excluding hydrogens is 354 g/mol. The van der Waals surface area contributed by atoms with Crippen LogP contribution in [0.3, 0.4) is 0 Å². The number of esters is 1. The van der Waals surface area contributed by atoms with E-state index in [9.17, 15) is 9.59 Å². The molecule has 0 saturated carbocycles. The van der Waals surface area contributed by atoms with Gasteiger partial charge in [-0.3, -0.25) is 9.69 Å². The van der Waals surface area contributed by atoms with Gasteiger partial charge in [-0.05, 0) is 39.7 Å². The number of carbonyl (C=O) groups is 2. The first kappa shape index (κ1) is 22.2. The maximum Gasteiger partial charge on any atom is 0.340 e. The number of piperazine rings is 1. The fourth-order valence-electron chi connectivity index (χ4n) is 3.97. The lowest BCUT2D eigenvalue weighted by Crippen LogP contribution is -2.49. The molecule has 0 atom stereocenters. The minimum atomic E-state index is -0.329. The summed E-state index contributed by atoms with van der Waals surface area (Å²) in [6.45, 7) is 17.7. The largest absolute Gasteiger partial charge is 0.462 e. The Balaban J connectivity index is 2.15. The molecule has 0 aliphatic carbocycles. The second kappa shape index (κ2) is 9.92. The van der Waals surface area contributed by atoms with E-state index in [4.69, 9.17) is 4.74 Å². The highest BCUT2D eigenvalue weighted by Gasteiger charge is 2.23. The quantitative estimate of drug-likeness (QED) is 0.531. The van der Waals surface area contributed by atoms with Gasteiger partial charge in [0.25, 0.3) is 0 Å². The summed E-state index contributed by atoms with van der Waals surface area (Å²) in [7, 11) is 0. The second-order valence-electron chi connectivity index (χ2n) is 7.78. The SMILES string of the molecule is CCOC(=O)c1c(/C=C/C(=O)N2CCN(CC(C)C)CC2)c(C)n(CC)c1C. The Hall–Kier alpha value is -2.08. The van der Waals surface area contributed by atoms with Crippen LogP contribution in [0.25, 0.3) is 6.08 Å². The van der Waals surface area contributed by atoms with Gasteiger partial charge in [-0.2, -0.15) is 0 Å². The van der Waals surface area contributed by atoms with Gasteiger partial charge < -0.3 is 14.2 Å². The van der Waals surface area contributed by atoms with Crippen molar-refractivity contribution in [2.75, 3.05) is 39.3 Å². The molecule has 1 saturated heterocycles. The first-order valence-electron chi connectivity index (χ1n) is 10.4. The molecule has 1 aromatic heterocycles. The summed E-state index contributed by atoms with van der Waals surface area (Å²) in [5.74, 6) is 0.308. The highest BCUT2D eigenvalue weighted by Crippen LogP contribution is 2.25. The minimum absolute atomic E-state index is 0.000285. The number of carbonyl (C=O) groups excluding carboxylic acids is 2. The fraction of sp³-hybridized carbons (Fsp3) is 0.636. The van der Waals surface area contributed by atoms with Crippen molar-refractivity contribution in [2.45, 2.75) is 48.1 Å². The number of amides is 1. The summed E-state index contributed by atoms with van der Waals surface area (Å²) >= 11 is 0. The normalized spacial score (nSPS) is 15.6. The van der Waals surface area contributed by atoms with E-state index in [0.29, 0.717) is 18.1 Å². The Morgan fingerprint density at radius 3 is 2.25 bits per heavy atom. The highest BCUT2D eigenvalue weighted by molar-refractivity contribution is 5.98. The van der Waals surface area contributed by atoms with E-state index >= 15 is 0 Å². The smallest absolute Gasteiger partial charge is 0.340 e. The van der Waals surface area contributed by atoms with Crippen LogP contribution in [0.2, 0.25) is 0 Å². The van der Waals surface area contributed by atoms with Gasteiger partial charge in [0, 0.05) is 62.3 Å². The van der Waals surface area contributed by atoms with Crippen LogP contribution in [0.1, 0.15) is 55.0 Å². The third-order valence-corrected chi connectivity index (χ3v) is 5.33. The molecule has 1 aliphatic heterocycles. The first-order valence-corrected chi connectivity index (χ1v) is 10.4. The monoisotopic (exact) mass is 389 g/mol. The topological polar surface area (TPSA) is 54.8 Å². The zero-order valence-corrected chi connectivity index (χ0v) is 18.2. The first-order chi connectivity index (χ1) is 13.3. The Morgan fingerprint density at radius 1 is 1.07 bits per heavy atom. The van der Waals surface area contributed by atoms with E-state index < -0.39 is 0 Å². The van der Waals surface area contributed by atoms with Crippen molar-refractivity contribution in [2.24, 2.45) is 5.92 Å². The molecule has 0 bridgehead atoms. The number of nitrogens with zero attached hydrogens (tertiary/aromatic N) is 3. The average Bonchev–Trinajstić information content (AvgIpc) is 2.89. The molecule has 2 heterocycles. The number of rotatable bonds is 7. The van der Waals surface area contributed by atoms with E-state index in [1.807, 2.05) is 25.7 Å². The van der Waals surface area contributed by atoms with Crippen LogP contribution in [0.5, 0.6) is 0 Å². The molecule has 6 heteroatoms. The van der Waals surface area contributed by atoms with Crippen molar-refractivity contribution in [3.8, 4) is 0 Å². The molecular formula is C22H35N3O3. The molecule has 1 aromatic rings. The molecule has 28 heavy (non-hydrogen) atoms. The van der Waals surface area contributed by atoms with Crippen molar-refractivity contribution in [1.82, 2.24) is 14.4 Å². The maximum absolute atomic E-state index is 12.7. The van der Waals surface area contributed by atoms with Gasteiger partial charge in [-0.25, -0.2) is 4.79 Å². The standard InChI is InChI=1S/C22H35N3O3/c1-7-25-17(5)19(21(18(25)6)22(27)28-8-2)9-10-20(26)24-13-11-23(12-14-24)15-16(3)4/h9-10,16H,7-8,11-15H2,1-6H3/b10-9+. The minimum Gasteiger partial charge on any atom is -0.462 e. The van der Waals surface area contributed by atoms with E-state index in [1.54, 1.807) is 19.1 Å². The lowest BCUT2D eigenvalue weighted by Gasteiger charge is -2.35. The summed E-state index contributed by atoms with van der Waals surface area (Å²) in [5.41, 5.74) is 3.21. The molecule has 0 radical (unpaired) electrons. The molecule has 1 aliphatic rings.